The molecule has 0 aromatic carbocycles. The van der Waals surface area contributed by atoms with E-state index in [1.165, 1.54) is 0 Å². The molecule has 0 unspecified atom stereocenters. The number of hydrogen-bond donors (Lipinski definition) is 1. The highest BCUT2D eigenvalue weighted by molar-refractivity contribution is 6.16. The monoisotopic (exact) mass is 200 g/mol. The van der Waals surface area contributed by atoms with Crippen LogP contribution in [0, 0.1) is 0 Å². The minimum absolute atomic E-state index is 0.439. The zero-order valence-corrected chi connectivity index (χ0v) is 8.18. The third-order valence-electron chi connectivity index (χ3n) is 2.39. The maximum absolute atomic E-state index is 5.64. The Morgan fingerprint density at radius 1 is 1.54 bits per heavy atom. The molecule has 1 aliphatic heterocycles. The van der Waals surface area contributed by atoms with Gasteiger partial charge in [0.2, 0.25) is 0 Å². The maximum atomic E-state index is 5.64. The summed E-state index contributed by atoms with van der Waals surface area (Å²) in [7, 11) is 0. The topological polar surface area (TPSA) is 38.1 Å². The number of halogens is 1. The molecule has 13 heavy (non-hydrogen) atoms. The average molecular weight is 201 g/mol. The molecule has 0 spiro atoms. The Bertz CT molecular complexity index is 268. The molecule has 1 saturated heterocycles. The van der Waals surface area contributed by atoms with Gasteiger partial charge >= 0.3 is 0 Å². The molecule has 1 aromatic rings. The van der Waals surface area contributed by atoms with E-state index in [9.17, 15) is 0 Å². The molecule has 72 valence electrons. The molecule has 0 radical (unpaired) electrons. The van der Waals surface area contributed by atoms with Crippen molar-refractivity contribution in [2.24, 2.45) is 0 Å². The van der Waals surface area contributed by atoms with Crippen molar-refractivity contribution >= 4 is 11.6 Å². The second-order valence-electron chi connectivity index (χ2n) is 3.33. The molecule has 3 nitrogen and oxygen atoms in total. The van der Waals surface area contributed by atoms with Crippen LogP contribution in [0.3, 0.4) is 0 Å². The molecule has 0 aliphatic carbocycles. The van der Waals surface area contributed by atoms with Crippen molar-refractivity contribution in [2.45, 2.75) is 24.6 Å². The fourth-order valence-electron chi connectivity index (χ4n) is 1.64. The first-order valence-corrected chi connectivity index (χ1v) is 5.14. The number of piperidine rings is 1. The van der Waals surface area contributed by atoms with Crippen LogP contribution in [0.1, 0.15) is 30.3 Å². The first-order valence-electron chi connectivity index (χ1n) is 4.61. The molecule has 1 N–H and O–H groups in total. The van der Waals surface area contributed by atoms with E-state index < -0.39 is 0 Å². The Balaban J connectivity index is 2.05. The van der Waals surface area contributed by atoms with Gasteiger partial charge in [0.15, 0.2) is 5.89 Å². The Labute approximate surface area is 82.5 Å². The van der Waals surface area contributed by atoms with E-state index in [0.29, 0.717) is 11.8 Å². The number of aromatic nitrogens is 1. The van der Waals surface area contributed by atoms with Crippen molar-refractivity contribution in [1.82, 2.24) is 10.3 Å². The first kappa shape index (κ1) is 9.03. The Morgan fingerprint density at radius 2 is 2.31 bits per heavy atom. The smallest absolute Gasteiger partial charge is 0.197 e. The number of oxazole rings is 1. The van der Waals surface area contributed by atoms with Crippen LogP contribution in [0.4, 0.5) is 0 Å². The number of nitrogens with one attached hydrogen (secondary N) is 1. The lowest BCUT2D eigenvalue weighted by atomic mass is 9.98. The Kier molecular flexibility index (Phi) is 2.86. The van der Waals surface area contributed by atoms with Gasteiger partial charge in [0, 0.05) is 5.92 Å². The largest absolute Gasteiger partial charge is 0.448 e. The fraction of sp³-hybridized carbons (Fsp3) is 0.667. The van der Waals surface area contributed by atoms with Crippen molar-refractivity contribution in [1.29, 1.82) is 0 Å². The molecule has 4 heteroatoms. The van der Waals surface area contributed by atoms with E-state index >= 15 is 0 Å². The van der Waals surface area contributed by atoms with E-state index in [2.05, 4.69) is 10.3 Å². The van der Waals surface area contributed by atoms with E-state index in [1.807, 2.05) is 0 Å². The van der Waals surface area contributed by atoms with E-state index in [-0.39, 0.29) is 0 Å². The van der Waals surface area contributed by atoms with Gasteiger partial charge < -0.3 is 9.73 Å². The third-order valence-corrected chi connectivity index (χ3v) is 2.67. The van der Waals surface area contributed by atoms with Gasteiger partial charge in [0.25, 0.3) is 0 Å². The minimum Gasteiger partial charge on any atom is -0.448 e. The van der Waals surface area contributed by atoms with Crippen molar-refractivity contribution < 1.29 is 4.42 Å². The first-order chi connectivity index (χ1) is 6.40. The van der Waals surface area contributed by atoms with E-state index in [1.54, 1.807) is 6.26 Å². The molecule has 2 heterocycles. The predicted octanol–water partition coefficient (Wildman–Crippen LogP) is 1.88. The van der Waals surface area contributed by atoms with Gasteiger partial charge in [-0.2, -0.15) is 0 Å². The molecular weight excluding hydrogens is 188 g/mol. The summed E-state index contributed by atoms with van der Waals surface area (Å²) < 4.78 is 5.37. The molecular formula is C9H13ClN2O. The predicted molar refractivity (Wildman–Crippen MR) is 50.9 cm³/mol. The molecule has 1 aliphatic rings. The lowest BCUT2D eigenvalue weighted by Gasteiger charge is -2.19. The zero-order chi connectivity index (χ0) is 9.10. The third kappa shape index (κ3) is 2.03. The molecule has 1 aromatic heterocycles. The molecule has 0 saturated carbocycles. The zero-order valence-electron chi connectivity index (χ0n) is 7.42. The van der Waals surface area contributed by atoms with Crippen LogP contribution in [-0.2, 0) is 5.88 Å². The summed E-state index contributed by atoms with van der Waals surface area (Å²) in [5.41, 5.74) is 0.843. The van der Waals surface area contributed by atoms with Crippen LogP contribution in [0.25, 0.3) is 0 Å². The molecule has 0 atom stereocenters. The molecule has 2 rings (SSSR count). The number of nitrogens with zero attached hydrogens (tertiary/aromatic N) is 1. The van der Waals surface area contributed by atoms with Gasteiger partial charge in [-0.1, -0.05) is 0 Å². The average Bonchev–Trinajstić information content (AvgIpc) is 2.67. The summed E-state index contributed by atoms with van der Waals surface area (Å²) in [6.07, 6.45) is 3.88. The lowest BCUT2D eigenvalue weighted by Crippen LogP contribution is -2.26. The Hall–Kier alpha value is -0.540. The van der Waals surface area contributed by atoms with Crippen molar-refractivity contribution in [3.63, 3.8) is 0 Å². The normalized spacial score (nSPS) is 19.2. The van der Waals surface area contributed by atoms with Gasteiger partial charge in [0.05, 0.1) is 11.6 Å². The van der Waals surface area contributed by atoms with Gasteiger partial charge in [-0.05, 0) is 25.9 Å². The van der Waals surface area contributed by atoms with Gasteiger partial charge in [-0.15, -0.1) is 11.6 Å². The van der Waals surface area contributed by atoms with Crippen LogP contribution in [-0.4, -0.2) is 18.1 Å². The fourth-order valence-corrected chi connectivity index (χ4v) is 1.76. The van der Waals surface area contributed by atoms with Crippen molar-refractivity contribution in [3.05, 3.63) is 17.8 Å². The molecule has 0 amide bonds. The maximum Gasteiger partial charge on any atom is 0.197 e. The lowest BCUT2D eigenvalue weighted by molar-refractivity contribution is 0.374. The number of alkyl halides is 1. The van der Waals surface area contributed by atoms with Crippen LogP contribution < -0.4 is 5.32 Å². The summed E-state index contributed by atoms with van der Waals surface area (Å²) in [6, 6.07) is 0. The SMILES string of the molecule is ClCc1coc(C2CCNCC2)n1. The second-order valence-corrected chi connectivity index (χ2v) is 3.60. The van der Waals surface area contributed by atoms with Gasteiger partial charge in [-0.25, -0.2) is 4.98 Å². The summed E-state index contributed by atoms with van der Waals surface area (Å²) >= 11 is 5.64. The van der Waals surface area contributed by atoms with Crippen LogP contribution in [0.2, 0.25) is 0 Å². The summed E-state index contributed by atoms with van der Waals surface area (Å²) in [5, 5.41) is 3.31. The quantitative estimate of drug-likeness (QED) is 0.741. The summed E-state index contributed by atoms with van der Waals surface area (Å²) in [6.45, 7) is 2.12. The number of rotatable bonds is 2. The second kappa shape index (κ2) is 4.11. The van der Waals surface area contributed by atoms with Crippen molar-refractivity contribution in [3.8, 4) is 0 Å². The Morgan fingerprint density at radius 3 is 2.92 bits per heavy atom. The van der Waals surface area contributed by atoms with Gasteiger partial charge in [0.1, 0.15) is 6.26 Å². The molecule has 1 fully saturated rings. The summed E-state index contributed by atoms with van der Waals surface area (Å²) in [5.74, 6) is 1.78. The highest BCUT2D eigenvalue weighted by atomic mass is 35.5. The van der Waals surface area contributed by atoms with E-state index in [0.717, 1.165) is 37.5 Å². The van der Waals surface area contributed by atoms with Crippen LogP contribution in [0.15, 0.2) is 10.7 Å². The minimum atomic E-state index is 0.439. The van der Waals surface area contributed by atoms with Crippen LogP contribution >= 0.6 is 11.6 Å². The highest BCUT2D eigenvalue weighted by Crippen LogP contribution is 2.24. The summed E-state index contributed by atoms with van der Waals surface area (Å²) in [4.78, 5) is 4.33. The number of hydrogen-bond acceptors (Lipinski definition) is 3. The standard InChI is InChI=1S/C9H13ClN2O/c10-5-8-6-13-9(12-8)7-1-3-11-4-2-7/h6-7,11H,1-5H2. The van der Waals surface area contributed by atoms with Crippen molar-refractivity contribution in [2.75, 3.05) is 13.1 Å². The van der Waals surface area contributed by atoms with Crippen LogP contribution in [0.5, 0.6) is 0 Å². The molecule has 0 bridgehead atoms. The van der Waals surface area contributed by atoms with E-state index in [4.69, 9.17) is 16.0 Å². The highest BCUT2D eigenvalue weighted by Gasteiger charge is 2.19. The van der Waals surface area contributed by atoms with Gasteiger partial charge in [-0.3, -0.25) is 0 Å².